The van der Waals surface area contributed by atoms with Gasteiger partial charge in [-0.2, -0.15) is 0 Å². The fourth-order valence-corrected chi connectivity index (χ4v) is 1.62. The van der Waals surface area contributed by atoms with Crippen LogP contribution in [0.1, 0.15) is 6.92 Å². The van der Waals surface area contributed by atoms with Crippen LogP contribution in [-0.4, -0.2) is 30.7 Å². The van der Waals surface area contributed by atoms with Gasteiger partial charge in [-0.05, 0) is 19.1 Å². The monoisotopic (exact) mass is 154 g/mol. The topological polar surface area (TPSA) is 38.8 Å². The molecule has 3 heteroatoms. The Kier molecular flexibility index (Phi) is 1.10. The minimum atomic E-state index is -0.665. The van der Waals surface area contributed by atoms with Crippen molar-refractivity contribution < 1.29 is 14.3 Å². The molecular weight excluding hydrogens is 144 g/mol. The van der Waals surface area contributed by atoms with Crippen molar-refractivity contribution in [3.05, 3.63) is 12.2 Å². The fourth-order valence-electron chi connectivity index (χ4n) is 1.62. The Morgan fingerprint density at radius 2 is 2.45 bits per heavy atom. The Labute approximate surface area is 65.0 Å². The van der Waals surface area contributed by atoms with E-state index in [2.05, 4.69) is 0 Å². The Morgan fingerprint density at radius 1 is 1.73 bits per heavy atom. The second kappa shape index (κ2) is 1.73. The van der Waals surface area contributed by atoms with Gasteiger partial charge in [0.05, 0.1) is 6.61 Å². The highest BCUT2D eigenvalue weighted by atomic mass is 16.7. The minimum absolute atomic E-state index is 0.0295. The van der Waals surface area contributed by atoms with E-state index in [9.17, 15) is 4.79 Å². The Balaban J connectivity index is 2.25. The SMILES string of the molecule is COC[C@@]12O[C@]1(C)C=CC2=O. The molecule has 0 bridgehead atoms. The van der Waals surface area contributed by atoms with Crippen molar-refractivity contribution in [1.29, 1.82) is 0 Å². The summed E-state index contributed by atoms with van der Waals surface area (Å²) >= 11 is 0. The highest BCUT2D eigenvalue weighted by Gasteiger charge is 2.72. The van der Waals surface area contributed by atoms with Gasteiger partial charge in [0, 0.05) is 7.11 Å². The summed E-state index contributed by atoms with van der Waals surface area (Å²) in [6, 6.07) is 0. The number of ether oxygens (including phenoxy) is 2. The van der Waals surface area contributed by atoms with Gasteiger partial charge in [-0.1, -0.05) is 0 Å². The van der Waals surface area contributed by atoms with Crippen molar-refractivity contribution in [3.8, 4) is 0 Å². The van der Waals surface area contributed by atoms with Crippen LogP contribution in [0, 0.1) is 0 Å². The molecule has 0 saturated carbocycles. The van der Waals surface area contributed by atoms with Crippen LogP contribution >= 0.6 is 0 Å². The second-order valence-corrected chi connectivity index (χ2v) is 3.17. The summed E-state index contributed by atoms with van der Waals surface area (Å²) in [6.07, 6.45) is 3.37. The number of ketones is 1. The molecule has 0 spiro atoms. The van der Waals surface area contributed by atoms with Gasteiger partial charge in [0.1, 0.15) is 5.60 Å². The van der Waals surface area contributed by atoms with Crippen molar-refractivity contribution in [1.82, 2.24) is 0 Å². The molecule has 60 valence electrons. The van der Waals surface area contributed by atoms with E-state index in [0.29, 0.717) is 6.61 Å². The minimum Gasteiger partial charge on any atom is -0.381 e. The van der Waals surface area contributed by atoms with Gasteiger partial charge < -0.3 is 9.47 Å². The van der Waals surface area contributed by atoms with E-state index >= 15 is 0 Å². The van der Waals surface area contributed by atoms with Gasteiger partial charge >= 0.3 is 0 Å². The van der Waals surface area contributed by atoms with Crippen molar-refractivity contribution in [3.63, 3.8) is 0 Å². The maximum absolute atomic E-state index is 11.2. The summed E-state index contributed by atoms with van der Waals surface area (Å²) in [5.74, 6) is 0.0295. The zero-order chi connectivity index (χ0) is 8.11. The third-order valence-electron chi connectivity index (χ3n) is 2.44. The lowest BCUT2D eigenvalue weighted by atomic mass is 9.98. The molecule has 0 aromatic heterocycles. The molecule has 0 radical (unpaired) electrons. The van der Waals surface area contributed by atoms with Gasteiger partial charge in [0.2, 0.25) is 0 Å². The number of epoxide rings is 1. The van der Waals surface area contributed by atoms with E-state index in [4.69, 9.17) is 9.47 Å². The Morgan fingerprint density at radius 3 is 2.82 bits per heavy atom. The maximum atomic E-state index is 11.2. The first-order valence-electron chi connectivity index (χ1n) is 3.57. The molecule has 0 amide bonds. The normalized spacial score (nSPS) is 46.2. The summed E-state index contributed by atoms with van der Waals surface area (Å²) in [5.41, 5.74) is -1.04. The number of fused-ring (bicyclic) bond motifs is 1. The zero-order valence-corrected chi connectivity index (χ0v) is 6.59. The van der Waals surface area contributed by atoms with Crippen LogP contribution in [0.15, 0.2) is 12.2 Å². The van der Waals surface area contributed by atoms with Crippen LogP contribution in [0.25, 0.3) is 0 Å². The van der Waals surface area contributed by atoms with Crippen LogP contribution in [0.3, 0.4) is 0 Å². The number of carbonyl (C=O) groups excluding carboxylic acids is 1. The highest BCUT2D eigenvalue weighted by molar-refractivity contribution is 6.04. The molecule has 0 unspecified atom stereocenters. The van der Waals surface area contributed by atoms with Crippen molar-refractivity contribution in [2.75, 3.05) is 13.7 Å². The number of rotatable bonds is 2. The zero-order valence-electron chi connectivity index (χ0n) is 6.59. The largest absolute Gasteiger partial charge is 0.381 e. The van der Waals surface area contributed by atoms with E-state index in [0.717, 1.165) is 0 Å². The third-order valence-corrected chi connectivity index (χ3v) is 2.44. The Bertz CT molecular complexity index is 246. The average Bonchev–Trinajstić information content (AvgIpc) is 2.48. The smallest absolute Gasteiger partial charge is 0.193 e. The molecular formula is C8H10O3. The molecule has 0 N–H and O–H groups in total. The second-order valence-electron chi connectivity index (χ2n) is 3.17. The van der Waals surface area contributed by atoms with Crippen LogP contribution in [0.2, 0.25) is 0 Å². The molecule has 3 nitrogen and oxygen atoms in total. The molecule has 1 aliphatic heterocycles. The van der Waals surface area contributed by atoms with E-state index in [1.165, 1.54) is 0 Å². The standard InChI is InChI=1S/C8H10O3/c1-7-4-3-6(9)8(7,11-7)5-10-2/h3-4H,5H2,1-2H3/t7-,8+/m1/s1. The molecule has 1 heterocycles. The molecule has 1 saturated heterocycles. The third kappa shape index (κ3) is 0.625. The molecule has 2 atom stereocenters. The molecule has 2 aliphatic rings. The number of hydrogen-bond acceptors (Lipinski definition) is 3. The van der Waals surface area contributed by atoms with Crippen LogP contribution in [0.4, 0.5) is 0 Å². The molecule has 11 heavy (non-hydrogen) atoms. The van der Waals surface area contributed by atoms with Gasteiger partial charge in [-0.15, -0.1) is 0 Å². The molecule has 0 aromatic rings. The molecule has 1 aliphatic carbocycles. The number of methoxy groups -OCH3 is 1. The first kappa shape index (κ1) is 7.00. The number of hydrogen-bond donors (Lipinski definition) is 0. The maximum Gasteiger partial charge on any atom is 0.193 e. The first-order chi connectivity index (χ1) is 5.15. The average molecular weight is 154 g/mol. The summed E-state index contributed by atoms with van der Waals surface area (Å²) in [7, 11) is 1.57. The summed E-state index contributed by atoms with van der Waals surface area (Å²) in [5, 5.41) is 0. The highest BCUT2D eigenvalue weighted by Crippen LogP contribution is 2.53. The van der Waals surface area contributed by atoms with Crippen LogP contribution in [0.5, 0.6) is 0 Å². The lowest BCUT2D eigenvalue weighted by Crippen LogP contribution is -2.31. The van der Waals surface area contributed by atoms with Gasteiger partial charge in [-0.3, -0.25) is 4.79 Å². The molecule has 1 fully saturated rings. The quantitative estimate of drug-likeness (QED) is 0.537. The number of carbonyl (C=O) groups is 1. The summed E-state index contributed by atoms with van der Waals surface area (Å²) in [4.78, 5) is 11.2. The van der Waals surface area contributed by atoms with Gasteiger partial charge in [-0.25, -0.2) is 0 Å². The predicted molar refractivity (Wildman–Crippen MR) is 38.2 cm³/mol. The van der Waals surface area contributed by atoms with E-state index < -0.39 is 5.60 Å². The predicted octanol–water partition coefficient (Wildman–Crippen LogP) is 0.299. The summed E-state index contributed by atoms with van der Waals surface area (Å²) < 4.78 is 10.2. The van der Waals surface area contributed by atoms with Crippen LogP contribution in [-0.2, 0) is 14.3 Å². The van der Waals surface area contributed by atoms with Crippen molar-refractivity contribution in [2.24, 2.45) is 0 Å². The Hall–Kier alpha value is -0.670. The summed E-state index contributed by atoms with van der Waals surface area (Å²) in [6.45, 7) is 2.25. The van der Waals surface area contributed by atoms with E-state index in [1.807, 2.05) is 6.92 Å². The van der Waals surface area contributed by atoms with Crippen LogP contribution < -0.4 is 0 Å². The van der Waals surface area contributed by atoms with E-state index in [1.54, 1.807) is 19.3 Å². The van der Waals surface area contributed by atoms with E-state index in [-0.39, 0.29) is 11.4 Å². The van der Waals surface area contributed by atoms with Gasteiger partial charge in [0.25, 0.3) is 0 Å². The molecule has 2 rings (SSSR count). The molecule has 0 aromatic carbocycles. The van der Waals surface area contributed by atoms with Gasteiger partial charge in [0.15, 0.2) is 11.4 Å². The first-order valence-corrected chi connectivity index (χ1v) is 3.57. The van der Waals surface area contributed by atoms with Crippen molar-refractivity contribution >= 4 is 5.78 Å². The fraction of sp³-hybridized carbons (Fsp3) is 0.625. The lowest BCUT2D eigenvalue weighted by molar-refractivity contribution is -0.121. The van der Waals surface area contributed by atoms with Crippen molar-refractivity contribution in [2.45, 2.75) is 18.1 Å². The lowest BCUT2D eigenvalue weighted by Gasteiger charge is -2.04.